The summed E-state index contributed by atoms with van der Waals surface area (Å²) in [5.41, 5.74) is 0.594. The van der Waals surface area contributed by atoms with Crippen LogP contribution in [0.5, 0.6) is 0 Å². The van der Waals surface area contributed by atoms with Crippen LogP contribution in [-0.2, 0) is 0 Å². The van der Waals surface area contributed by atoms with Crippen LogP contribution in [0.15, 0.2) is 0 Å². The molecule has 3 aliphatic rings. The fourth-order valence-corrected chi connectivity index (χ4v) is 3.95. The molecular weight excluding hydrogens is 222 g/mol. The smallest absolute Gasteiger partial charge is 0.0113 e. The summed E-state index contributed by atoms with van der Waals surface area (Å²) >= 11 is 0. The van der Waals surface area contributed by atoms with Gasteiger partial charge in [-0.3, -0.25) is 4.90 Å². The second kappa shape index (κ2) is 5.48. The minimum Gasteiger partial charge on any atom is -0.316 e. The fourth-order valence-electron chi connectivity index (χ4n) is 3.95. The lowest BCUT2D eigenvalue weighted by Gasteiger charge is -2.40. The summed E-state index contributed by atoms with van der Waals surface area (Å²) in [6.07, 6.45) is 7.06. The third kappa shape index (κ3) is 2.89. The van der Waals surface area contributed by atoms with E-state index in [0.29, 0.717) is 5.41 Å². The highest BCUT2D eigenvalue weighted by atomic mass is 15.3. The van der Waals surface area contributed by atoms with Crippen molar-refractivity contribution in [1.82, 2.24) is 15.1 Å². The molecule has 1 atom stereocenters. The van der Waals surface area contributed by atoms with Crippen LogP contribution in [0.4, 0.5) is 0 Å². The third-order valence-electron chi connectivity index (χ3n) is 5.14. The fraction of sp³-hybridized carbons (Fsp3) is 1.00. The van der Waals surface area contributed by atoms with E-state index in [1.54, 1.807) is 0 Å². The molecule has 104 valence electrons. The van der Waals surface area contributed by atoms with E-state index in [9.17, 15) is 0 Å². The Balaban J connectivity index is 1.49. The van der Waals surface area contributed by atoms with E-state index in [1.807, 2.05) is 0 Å². The van der Waals surface area contributed by atoms with Crippen molar-refractivity contribution in [1.29, 1.82) is 0 Å². The molecule has 3 rings (SSSR count). The molecule has 1 aliphatic carbocycles. The van der Waals surface area contributed by atoms with Gasteiger partial charge in [-0.2, -0.15) is 0 Å². The Morgan fingerprint density at radius 1 is 1.17 bits per heavy atom. The van der Waals surface area contributed by atoms with Crippen molar-refractivity contribution in [3.63, 3.8) is 0 Å². The number of nitrogens with one attached hydrogen (secondary N) is 1. The highest BCUT2D eigenvalue weighted by molar-refractivity contribution is 4.93. The zero-order valence-corrected chi connectivity index (χ0v) is 12.0. The number of rotatable bonds is 5. The first-order chi connectivity index (χ1) is 8.81. The van der Waals surface area contributed by atoms with Gasteiger partial charge in [-0.15, -0.1) is 0 Å². The maximum atomic E-state index is 3.59. The van der Waals surface area contributed by atoms with Gasteiger partial charge >= 0.3 is 0 Å². The van der Waals surface area contributed by atoms with Crippen molar-refractivity contribution >= 4 is 0 Å². The molecule has 1 unspecified atom stereocenters. The second-order valence-corrected chi connectivity index (χ2v) is 6.72. The van der Waals surface area contributed by atoms with Crippen LogP contribution in [0.3, 0.4) is 0 Å². The predicted molar refractivity (Wildman–Crippen MR) is 75.9 cm³/mol. The maximum absolute atomic E-state index is 3.59. The molecule has 1 saturated carbocycles. The molecule has 0 amide bonds. The molecule has 3 heteroatoms. The first-order valence-electron chi connectivity index (χ1n) is 7.98. The van der Waals surface area contributed by atoms with Crippen LogP contribution in [0.25, 0.3) is 0 Å². The normalized spacial score (nSPS) is 35.2. The number of piperazine rings is 1. The second-order valence-electron chi connectivity index (χ2n) is 6.72. The Hall–Kier alpha value is -0.120. The number of nitrogens with zero attached hydrogens (tertiary/aromatic N) is 2. The molecule has 3 fully saturated rings. The van der Waals surface area contributed by atoms with Crippen molar-refractivity contribution in [3.8, 4) is 0 Å². The first-order valence-corrected chi connectivity index (χ1v) is 7.98. The van der Waals surface area contributed by atoms with Crippen LogP contribution in [0.2, 0.25) is 0 Å². The van der Waals surface area contributed by atoms with Crippen LogP contribution >= 0.6 is 0 Å². The molecule has 18 heavy (non-hydrogen) atoms. The van der Waals surface area contributed by atoms with E-state index < -0.39 is 0 Å². The molecular formula is C15H29N3. The van der Waals surface area contributed by atoms with Gasteiger partial charge in [-0.25, -0.2) is 0 Å². The molecule has 2 heterocycles. The summed E-state index contributed by atoms with van der Waals surface area (Å²) in [5.74, 6) is 0. The summed E-state index contributed by atoms with van der Waals surface area (Å²) in [5, 5.41) is 3.59. The standard InChI is InChI=1S/C15H29N3/c1-2-5-15(6-7-16-12-15)13-17-8-10-18(11-9-17)14-3-4-14/h14,16H,2-13H2,1H3. The lowest BCUT2D eigenvalue weighted by molar-refractivity contribution is 0.0830. The summed E-state index contributed by atoms with van der Waals surface area (Å²) in [6, 6.07) is 0.963. The predicted octanol–water partition coefficient (Wildman–Crippen LogP) is 1.55. The van der Waals surface area contributed by atoms with Crippen LogP contribution in [0.1, 0.15) is 39.0 Å². The number of hydrogen-bond acceptors (Lipinski definition) is 3. The summed E-state index contributed by atoms with van der Waals surface area (Å²) in [6.45, 7) is 11.4. The van der Waals surface area contributed by atoms with Crippen molar-refractivity contribution in [2.75, 3.05) is 45.8 Å². The summed E-state index contributed by atoms with van der Waals surface area (Å²) in [7, 11) is 0. The van der Waals surface area contributed by atoms with Gasteiger partial charge in [0.2, 0.25) is 0 Å². The van der Waals surface area contributed by atoms with Gasteiger partial charge in [0.1, 0.15) is 0 Å². The van der Waals surface area contributed by atoms with Crippen LogP contribution in [-0.4, -0.2) is 61.7 Å². The number of hydrogen-bond donors (Lipinski definition) is 1. The molecule has 2 saturated heterocycles. The van der Waals surface area contributed by atoms with E-state index >= 15 is 0 Å². The molecule has 0 radical (unpaired) electrons. The minimum absolute atomic E-state index is 0.594. The first kappa shape index (κ1) is 12.9. The lowest BCUT2D eigenvalue weighted by atomic mass is 9.82. The highest BCUT2D eigenvalue weighted by Crippen LogP contribution is 2.33. The SMILES string of the molecule is CCCC1(CN2CCN(C3CC3)CC2)CCNC1. The van der Waals surface area contributed by atoms with Gasteiger partial charge in [0.05, 0.1) is 0 Å². The van der Waals surface area contributed by atoms with E-state index in [2.05, 4.69) is 22.0 Å². The minimum atomic E-state index is 0.594. The monoisotopic (exact) mass is 251 g/mol. The molecule has 0 aromatic rings. The van der Waals surface area contributed by atoms with Crippen molar-refractivity contribution in [2.24, 2.45) is 5.41 Å². The lowest BCUT2D eigenvalue weighted by Crippen LogP contribution is -2.50. The van der Waals surface area contributed by atoms with E-state index in [1.165, 1.54) is 77.9 Å². The van der Waals surface area contributed by atoms with Gasteiger partial charge < -0.3 is 10.2 Å². The quantitative estimate of drug-likeness (QED) is 0.800. The van der Waals surface area contributed by atoms with E-state index in [4.69, 9.17) is 0 Å². The van der Waals surface area contributed by atoms with Crippen LogP contribution in [0, 0.1) is 5.41 Å². The molecule has 3 nitrogen and oxygen atoms in total. The Morgan fingerprint density at radius 3 is 2.50 bits per heavy atom. The van der Waals surface area contributed by atoms with Gasteiger partial charge in [-0.1, -0.05) is 13.3 Å². The molecule has 0 aromatic heterocycles. The Kier molecular flexibility index (Phi) is 3.92. The van der Waals surface area contributed by atoms with Gasteiger partial charge in [0, 0.05) is 45.3 Å². The zero-order chi connectivity index (χ0) is 12.4. The molecule has 0 bridgehead atoms. The van der Waals surface area contributed by atoms with Gasteiger partial charge in [0.25, 0.3) is 0 Å². The van der Waals surface area contributed by atoms with Gasteiger partial charge in [0.15, 0.2) is 0 Å². The maximum Gasteiger partial charge on any atom is 0.0113 e. The summed E-state index contributed by atoms with van der Waals surface area (Å²) < 4.78 is 0. The molecule has 2 aliphatic heterocycles. The topological polar surface area (TPSA) is 18.5 Å². The average Bonchev–Trinajstić information content (AvgIpc) is 3.13. The van der Waals surface area contributed by atoms with E-state index in [0.717, 1.165) is 6.04 Å². The van der Waals surface area contributed by atoms with E-state index in [-0.39, 0.29) is 0 Å². The molecule has 0 aromatic carbocycles. The van der Waals surface area contributed by atoms with Crippen molar-refractivity contribution in [3.05, 3.63) is 0 Å². The highest BCUT2D eigenvalue weighted by Gasteiger charge is 2.37. The molecule has 0 spiro atoms. The Morgan fingerprint density at radius 2 is 1.94 bits per heavy atom. The largest absolute Gasteiger partial charge is 0.316 e. The van der Waals surface area contributed by atoms with Gasteiger partial charge in [-0.05, 0) is 37.6 Å². The zero-order valence-electron chi connectivity index (χ0n) is 12.0. The van der Waals surface area contributed by atoms with Crippen molar-refractivity contribution < 1.29 is 0 Å². The Bertz CT molecular complexity index is 261. The van der Waals surface area contributed by atoms with Crippen molar-refractivity contribution in [2.45, 2.75) is 45.1 Å². The molecule has 1 N–H and O–H groups in total. The Labute approximate surface area is 112 Å². The van der Waals surface area contributed by atoms with Crippen LogP contribution < -0.4 is 5.32 Å². The summed E-state index contributed by atoms with van der Waals surface area (Å²) in [4.78, 5) is 5.46. The third-order valence-corrected chi connectivity index (χ3v) is 5.14. The average molecular weight is 251 g/mol.